The second kappa shape index (κ2) is 5.55. The molecule has 1 nitrogen and oxygen atoms in total. The number of nitrogens with one attached hydrogen (secondary N) is 1. The second-order valence-corrected chi connectivity index (χ2v) is 6.76. The van der Waals surface area contributed by atoms with Gasteiger partial charge in [0.25, 0.3) is 0 Å². The van der Waals surface area contributed by atoms with Gasteiger partial charge in [-0.05, 0) is 53.5 Å². The quantitative estimate of drug-likeness (QED) is 0.785. The number of fused-ring (bicyclic) bond motifs is 1. The van der Waals surface area contributed by atoms with Gasteiger partial charge in [-0.15, -0.1) is 0 Å². The molecular formula is C20H25N. The summed E-state index contributed by atoms with van der Waals surface area (Å²) in [7, 11) is 0. The third-order valence-electron chi connectivity index (χ3n) is 4.80. The minimum absolute atomic E-state index is 0.292. The lowest BCUT2D eigenvalue weighted by atomic mass is 9.71. The molecule has 0 saturated carbocycles. The minimum atomic E-state index is 0.292. The van der Waals surface area contributed by atoms with Crippen molar-refractivity contribution in [3.8, 4) is 0 Å². The van der Waals surface area contributed by atoms with Crippen LogP contribution in [-0.4, -0.2) is 0 Å². The Morgan fingerprint density at radius 1 is 1.10 bits per heavy atom. The van der Waals surface area contributed by atoms with E-state index < -0.39 is 0 Å². The van der Waals surface area contributed by atoms with Gasteiger partial charge in [0.05, 0.1) is 6.04 Å². The monoisotopic (exact) mass is 279 g/mol. The number of hydrogen-bond donors (Lipinski definition) is 1. The molecule has 1 aliphatic rings. The first-order valence-electron chi connectivity index (χ1n) is 8.05. The van der Waals surface area contributed by atoms with Crippen molar-refractivity contribution in [1.82, 2.24) is 0 Å². The van der Waals surface area contributed by atoms with E-state index in [0.717, 1.165) is 6.42 Å². The molecule has 0 heterocycles. The van der Waals surface area contributed by atoms with Crippen molar-refractivity contribution < 1.29 is 0 Å². The van der Waals surface area contributed by atoms with Crippen LogP contribution in [0.1, 0.15) is 56.3 Å². The molecule has 0 aliphatic heterocycles. The Balaban J connectivity index is 1.90. The second-order valence-electron chi connectivity index (χ2n) is 6.76. The Kier molecular flexibility index (Phi) is 3.75. The van der Waals surface area contributed by atoms with E-state index in [-0.39, 0.29) is 0 Å². The van der Waals surface area contributed by atoms with E-state index in [1.807, 2.05) is 0 Å². The van der Waals surface area contributed by atoms with E-state index in [0.29, 0.717) is 11.5 Å². The molecule has 0 amide bonds. The third kappa shape index (κ3) is 2.83. The number of anilines is 1. The molecule has 1 atom stereocenters. The Morgan fingerprint density at radius 3 is 2.71 bits per heavy atom. The zero-order chi connectivity index (χ0) is 14.9. The molecule has 1 unspecified atom stereocenters. The maximum absolute atomic E-state index is 3.75. The Morgan fingerprint density at radius 2 is 1.90 bits per heavy atom. The summed E-state index contributed by atoms with van der Waals surface area (Å²) in [5.74, 6) is 0. The first-order valence-corrected chi connectivity index (χ1v) is 8.05. The highest BCUT2D eigenvalue weighted by atomic mass is 14.9. The van der Waals surface area contributed by atoms with Crippen molar-refractivity contribution in [2.45, 2.75) is 51.5 Å². The molecule has 0 bridgehead atoms. The first-order chi connectivity index (χ1) is 10.1. The van der Waals surface area contributed by atoms with Crippen LogP contribution in [0.5, 0.6) is 0 Å². The van der Waals surface area contributed by atoms with Crippen molar-refractivity contribution in [2.75, 3.05) is 5.32 Å². The van der Waals surface area contributed by atoms with Crippen LogP contribution in [0.3, 0.4) is 0 Å². The molecule has 3 rings (SSSR count). The smallest absolute Gasteiger partial charge is 0.0517 e. The molecule has 1 aliphatic carbocycles. The van der Waals surface area contributed by atoms with E-state index in [4.69, 9.17) is 0 Å². The zero-order valence-electron chi connectivity index (χ0n) is 13.3. The molecule has 1 N–H and O–H groups in total. The highest BCUT2D eigenvalue weighted by molar-refractivity contribution is 5.50. The van der Waals surface area contributed by atoms with Crippen LogP contribution >= 0.6 is 0 Å². The Hall–Kier alpha value is -1.76. The summed E-state index contributed by atoms with van der Waals surface area (Å²) in [6, 6.07) is 18.2. The molecule has 21 heavy (non-hydrogen) atoms. The van der Waals surface area contributed by atoms with Crippen LogP contribution in [0.25, 0.3) is 0 Å². The van der Waals surface area contributed by atoms with Gasteiger partial charge in [0, 0.05) is 5.69 Å². The molecule has 2 aromatic rings. The van der Waals surface area contributed by atoms with E-state index in [1.165, 1.54) is 35.2 Å². The number of rotatable bonds is 3. The predicted octanol–water partition coefficient (Wildman–Crippen LogP) is 5.47. The zero-order valence-corrected chi connectivity index (χ0v) is 13.3. The van der Waals surface area contributed by atoms with Crippen LogP contribution in [0.4, 0.5) is 5.69 Å². The highest BCUT2D eigenvalue weighted by Gasteiger charge is 2.32. The molecule has 0 spiro atoms. The maximum Gasteiger partial charge on any atom is 0.0517 e. The van der Waals surface area contributed by atoms with Crippen molar-refractivity contribution in [3.05, 3.63) is 65.2 Å². The summed E-state index contributed by atoms with van der Waals surface area (Å²) < 4.78 is 0. The Labute approximate surface area is 128 Å². The summed E-state index contributed by atoms with van der Waals surface area (Å²) >= 11 is 0. The fourth-order valence-electron chi connectivity index (χ4n) is 3.44. The topological polar surface area (TPSA) is 12.0 Å². The lowest BCUT2D eigenvalue weighted by molar-refractivity contribution is 0.406. The number of aryl methyl sites for hydroxylation is 1. The molecule has 0 radical (unpaired) electrons. The van der Waals surface area contributed by atoms with Crippen molar-refractivity contribution in [3.63, 3.8) is 0 Å². The van der Waals surface area contributed by atoms with E-state index in [2.05, 4.69) is 74.6 Å². The molecule has 1 heteroatoms. The SMILES string of the molecule is CCc1cccc(NC2CCC(C)(C)c3ccccc32)c1. The van der Waals surface area contributed by atoms with Crippen LogP contribution in [0, 0.1) is 0 Å². The summed E-state index contributed by atoms with van der Waals surface area (Å²) in [5.41, 5.74) is 5.90. The van der Waals surface area contributed by atoms with Gasteiger partial charge in [0.2, 0.25) is 0 Å². The fraction of sp³-hybridized carbons (Fsp3) is 0.400. The average Bonchev–Trinajstić information content (AvgIpc) is 2.51. The maximum atomic E-state index is 3.75. The van der Waals surface area contributed by atoms with Gasteiger partial charge in [-0.2, -0.15) is 0 Å². The normalized spacial score (nSPS) is 19.9. The highest BCUT2D eigenvalue weighted by Crippen LogP contribution is 2.42. The van der Waals surface area contributed by atoms with Crippen LogP contribution in [0.2, 0.25) is 0 Å². The fourth-order valence-corrected chi connectivity index (χ4v) is 3.44. The Bertz CT molecular complexity index is 627. The van der Waals surface area contributed by atoms with Gasteiger partial charge in [-0.3, -0.25) is 0 Å². The minimum Gasteiger partial charge on any atom is -0.378 e. The van der Waals surface area contributed by atoms with Gasteiger partial charge < -0.3 is 5.32 Å². The molecule has 0 fully saturated rings. The van der Waals surface area contributed by atoms with Gasteiger partial charge >= 0.3 is 0 Å². The lowest BCUT2D eigenvalue weighted by Crippen LogP contribution is -2.29. The molecular weight excluding hydrogens is 254 g/mol. The first kappa shape index (κ1) is 14.2. The lowest BCUT2D eigenvalue weighted by Gasteiger charge is -2.37. The van der Waals surface area contributed by atoms with Gasteiger partial charge in [-0.25, -0.2) is 0 Å². The molecule has 0 saturated heterocycles. The average molecular weight is 279 g/mol. The van der Waals surface area contributed by atoms with Crippen molar-refractivity contribution >= 4 is 5.69 Å². The summed E-state index contributed by atoms with van der Waals surface area (Å²) in [5, 5.41) is 3.75. The largest absolute Gasteiger partial charge is 0.378 e. The van der Waals surface area contributed by atoms with Gasteiger partial charge in [0.15, 0.2) is 0 Å². The molecule has 110 valence electrons. The van der Waals surface area contributed by atoms with Crippen LogP contribution < -0.4 is 5.32 Å². The number of hydrogen-bond acceptors (Lipinski definition) is 1. The van der Waals surface area contributed by atoms with Crippen molar-refractivity contribution in [2.24, 2.45) is 0 Å². The standard InChI is InChI=1S/C20H25N/c1-4-15-8-7-9-16(14-15)21-19-12-13-20(2,3)18-11-6-5-10-17(18)19/h5-11,14,19,21H,4,12-13H2,1-3H3. The molecule has 0 aromatic heterocycles. The van der Waals surface area contributed by atoms with Gasteiger partial charge in [-0.1, -0.05) is 57.2 Å². The summed E-state index contributed by atoms with van der Waals surface area (Å²) in [4.78, 5) is 0. The van der Waals surface area contributed by atoms with E-state index >= 15 is 0 Å². The van der Waals surface area contributed by atoms with E-state index in [9.17, 15) is 0 Å². The van der Waals surface area contributed by atoms with E-state index in [1.54, 1.807) is 0 Å². The molecule has 2 aromatic carbocycles. The summed E-state index contributed by atoms with van der Waals surface area (Å²) in [6.45, 7) is 6.93. The number of benzene rings is 2. The third-order valence-corrected chi connectivity index (χ3v) is 4.80. The summed E-state index contributed by atoms with van der Waals surface area (Å²) in [6.07, 6.45) is 3.51. The van der Waals surface area contributed by atoms with Crippen LogP contribution in [-0.2, 0) is 11.8 Å². The van der Waals surface area contributed by atoms with Crippen molar-refractivity contribution in [1.29, 1.82) is 0 Å². The predicted molar refractivity (Wildman–Crippen MR) is 90.9 cm³/mol. The van der Waals surface area contributed by atoms with Crippen LogP contribution in [0.15, 0.2) is 48.5 Å². The van der Waals surface area contributed by atoms with Gasteiger partial charge in [0.1, 0.15) is 0 Å².